The zero-order chi connectivity index (χ0) is 28.5. The van der Waals surface area contributed by atoms with Crippen LogP contribution in [0.3, 0.4) is 0 Å². The molecule has 0 saturated heterocycles. The summed E-state index contributed by atoms with van der Waals surface area (Å²) in [7, 11) is 0. The lowest BCUT2D eigenvalue weighted by Crippen LogP contribution is -2.31. The van der Waals surface area contributed by atoms with Crippen LogP contribution < -0.4 is 16.0 Å². The maximum absolute atomic E-state index is 12.5. The number of halogens is 1. The summed E-state index contributed by atoms with van der Waals surface area (Å²) in [5.74, 6) is 5.51. The molecule has 4 rings (SSSR count). The molecule has 2 aromatic carbocycles. The molecule has 1 amide bonds. The molecule has 3 N–H and O–H groups in total. The van der Waals surface area contributed by atoms with Gasteiger partial charge in [-0.2, -0.15) is 0 Å². The van der Waals surface area contributed by atoms with E-state index in [0.29, 0.717) is 11.6 Å². The van der Waals surface area contributed by atoms with Crippen LogP contribution in [-0.2, 0) is 16.9 Å². The van der Waals surface area contributed by atoms with Gasteiger partial charge in [-0.1, -0.05) is 79.4 Å². The van der Waals surface area contributed by atoms with E-state index in [0.717, 1.165) is 50.7 Å². The molecule has 1 heterocycles. The molecule has 0 bridgehead atoms. The fraction of sp³-hybridized carbons (Fsp3) is 0.188. The highest BCUT2D eigenvalue weighted by Crippen LogP contribution is 2.48. The SMILES string of the molecule is C=CS/C(=C\C)c1cc(Cl)cc(C2(NC(=C)c3ccccc3CNC(=C)C(=O)NCC#Cc3nccs3)CC2)c1. The Balaban J connectivity index is 1.40. The van der Waals surface area contributed by atoms with E-state index in [9.17, 15) is 4.79 Å². The molecule has 0 spiro atoms. The van der Waals surface area contributed by atoms with Crippen molar-refractivity contribution in [2.75, 3.05) is 6.54 Å². The Kier molecular flexibility index (Phi) is 9.94. The Morgan fingerprint density at radius 2 is 2.02 bits per heavy atom. The summed E-state index contributed by atoms with van der Waals surface area (Å²) in [4.78, 5) is 17.7. The number of thiazole rings is 1. The Morgan fingerprint density at radius 3 is 2.73 bits per heavy atom. The number of carbonyl (C=O) groups excluding carboxylic acids is 1. The van der Waals surface area contributed by atoms with Crippen molar-refractivity contribution in [1.29, 1.82) is 0 Å². The third kappa shape index (κ3) is 7.48. The summed E-state index contributed by atoms with van der Waals surface area (Å²) >= 11 is 9.59. The molecule has 1 fully saturated rings. The van der Waals surface area contributed by atoms with Crippen LogP contribution in [0.15, 0.2) is 91.0 Å². The molecule has 204 valence electrons. The van der Waals surface area contributed by atoms with Crippen LogP contribution in [0.5, 0.6) is 0 Å². The van der Waals surface area contributed by atoms with Crippen LogP contribution in [0, 0.1) is 11.8 Å². The van der Waals surface area contributed by atoms with Gasteiger partial charge >= 0.3 is 0 Å². The van der Waals surface area contributed by atoms with E-state index in [4.69, 9.17) is 11.6 Å². The largest absolute Gasteiger partial charge is 0.377 e. The van der Waals surface area contributed by atoms with Gasteiger partial charge in [0.25, 0.3) is 5.91 Å². The Labute approximate surface area is 249 Å². The first-order valence-corrected chi connectivity index (χ1v) is 14.9. The molecule has 0 radical (unpaired) electrons. The van der Waals surface area contributed by atoms with Crippen molar-refractivity contribution in [2.24, 2.45) is 0 Å². The molecule has 40 heavy (non-hydrogen) atoms. The number of thioether (sulfide) groups is 1. The maximum atomic E-state index is 12.5. The number of aromatic nitrogens is 1. The van der Waals surface area contributed by atoms with Gasteiger partial charge in [0, 0.05) is 39.3 Å². The number of hydrogen-bond donors (Lipinski definition) is 3. The van der Waals surface area contributed by atoms with Crippen molar-refractivity contribution < 1.29 is 4.79 Å². The summed E-state index contributed by atoms with van der Waals surface area (Å²) in [6, 6.07) is 14.2. The lowest BCUT2D eigenvalue weighted by molar-refractivity contribution is -0.117. The number of amides is 1. The first-order chi connectivity index (χ1) is 19.3. The number of carbonyl (C=O) groups is 1. The fourth-order valence-electron chi connectivity index (χ4n) is 4.25. The minimum atomic E-state index is -0.299. The van der Waals surface area contributed by atoms with Crippen molar-refractivity contribution in [3.05, 3.63) is 123 Å². The molecule has 1 aliphatic rings. The number of benzene rings is 2. The first-order valence-electron chi connectivity index (χ1n) is 12.8. The van der Waals surface area contributed by atoms with Crippen LogP contribution in [0.2, 0.25) is 5.02 Å². The minimum absolute atomic E-state index is 0.214. The molecular weight excluding hydrogens is 556 g/mol. The van der Waals surface area contributed by atoms with E-state index in [1.54, 1.807) is 18.0 Å². The van der Waals surface area contributed by atoms with Gasteiger partial charge in [0.15, 0.2) is 5.01 Å². The number of rotatable bonds is 12. The first kappa shape index (κ1) is 29.3. The molecule has 1 saturated carbocycles. The topological polar surface area (TPSA) is 66.0 Å². The number of allylic oxidation sites excluding steroid dienone is 1. The molecule has 5 nitrogen and oxygen atoms in total. The maximum Gasteiger partial charge on any atom is 0.267 e. The van der Waals surface area contributed by atoms with E-state index in [1.807, 2.05) is 54.1 Å². The van der Waals surface area contributed by atoms with E-state index in [-0.39, 0.29) is 23.7 Å². The second-order valence-corrected chi connectivity index (χ2v) is 11.5. The molecular formula is C32H31ClN4OS2. The van der Waals surface area contributed by atoms with Crippen LogP contribution in [0.4, 0.5) is 0 Å². The second-order valence-electron chi connectivity index (χ2n) is 9.16. The standard InChI is InChI=1S/C32H31ClN4OS2/c1-5-29(39-6-2)25-18-26(20-27(33)19-25)32(13-14-32)37-22(3)28-11-8-7-10-24(28)21-36-23(4)31(38)35-15-9-12-30-34-16-17-40-30/h5-8,10-11,16-20,36-37H,2-4,13-15,21H2,1H3,(H,35,38)/b29-5-. The van der Waals surface area contributed by atoms with Crippen LogP contribution in [0.1, 0.15) is 47.0 Å². The van der Waals surface area contributed by atoms with Crippen molar-refractivity contribution in [3.63, 3.8) is 0 Å². The monoisotopic (exact) mass is 586 g/mol. The predicted molar refractivity (Wildman–Crippen MR) is 170 cm³/mol. The third-order valence-corrected chi connectivity index (χ3v) is 8.22. The van der Waals surface area contributed by atoms with Crippen molar-refractivity contribution in [3.8, 4) is 11.8 Å². The average molecular weight is 587 g/mol. The quantitative estimate of drug-likeness (QED) is 0.157. The summed E-state index contributed by atoms with van der Waals surface area (Å²) in [5, 5.41) is 14.7. The van der Waals surface area contributed by atoms with Gasteiger partial charge in [-0.25, -0.2) is 4.98 Å². The summed E-state index contributed by atoms with van der Waals surface area (Å²) in [6.07, 6.45) is 5.73. The van der Waals surface area contributed by atoms with Gasteiger partial charge in [0.1, 0.15) is 0 Å². The van der Waals surface area contributed by atoms with Gasteiger partial charge in [-0.05, 0) is 66.0 Å². The van der Waals surface area contributed by atoms with E-state index < -0.39 is 0 Å². The van der Waals surface area contributed by atoms with E-state index in [1.165, 1.54) is 11.3 Å². The van der Waals surface area contributed by atoms with Gasteiger partial charge in [-0.3, -0.25) is 4.79 Å². The predicted octanol–water partition coefficient (Wildman–Crippen LogP) is 7.05. The highest BCUT2D eigenvalue weighted by Gasteiger charge is 2.45. The minimum Gasteiger partial charge on any atom is -0.377 e. The number of nitrogens with zero attached hydrogens (tertiary/aromatic N) is 1. The molecule has 3 aromatic rings. The molecule has 0 aliphatic heterocycles. The lowest BCUT2D eigenvalue weighted by atomic mass is 9.99. The number of nitrogens with one attached hydrogen (secondary N) is 3. The molecule has 1 aromatic heterocycles. The smallest absolute Gasteiger partial charge is 0.267 e. The normalized spacial score (nSPS) is 13.4. The van der Waals surface area contributed by atoms with Gasteiger partial charge < -0.3 is 16.0 Å². The second kappa shape index (κ2) is 13.6. The summed E-state index contributed by atoms with van der Waals surface area (Å²) < 4.78 is 0. The summed E-state index contributed by atoms with van der Waals surface area (Å²) in [6.45, 7) is 14.8. The molecule has 8 heteroatoms. The summed E-state index contributed by atoms with van der Waals surface area (Å²) in [5.41, 5.74) is 5.05. The molecule has 0 unspecified atom stereocenters. The Morgan fingerprint density at radius 1 is 1.23 bits per heavy atom. The fourth-order valence-corrected chi connectivity index (χ4v) is 5.56. The Bertz CT molecular complexity index is 1510. The van der Waals surface area contributed by atoms with Gasteiger partial charge in [0.05, 0.1) is 17.8 Å². The highest BCUT2D eigenvalue weighted by molar-refractivity contribution is 8.10. The van der Waals surface area contributed by atoms with Crippen LogP contribution >= 0.6 is 34.7 Å². The third-order valence-electron chi connectivity index (χ3n) is 6.42. The number of hydrogen-bond acceptors (Lipinski definition) is 6. The van der Waals surface area contributed by atoms with Crippen LogP contribution in [0.25, 0.3) is 10.6 Å². The van der Waals surface area contributed by atoms with Crippen molar-refractivity contribution >= 4 is 51.2 Å². The lowest BCUT2D eigenvalue weighted by Gasteiger charge is -2.24. The zero-order valence-corrected chi connectivity index (χ0v) is 24.7. The highest BCUT2D eigenvalue weighted by atomic mass is 35.5. The van der Waals surface area contributed by atoms with Gasteiger partial charge in [-0.15, -0.1) is 11.3 Å². The average Bonchev–Trinajstić information content (AvgIpc) is 3.55. The van der Waals surface area contributed by atoms with E-state index >= 15 is 0 Å². The Hall–Kier alpha value is -3.70. The van der Waals surface area contributed by atoms with Crippen molar-refractivity contribution in [1.82, 2.24) is 20.9 Å². The van der Waals surface area contributed by atoms with Crippen LogP contribution in [-0.4, -0.2) is 17.4 Å². The molecule has 1 aliphatic carbocycles. The van der Waals surface area contributed by atoms with Crippen molar-refractivity contribution in [2.45, 2.75) is 31.8 Å². The van der Waals surface area contributed by atoms with E-state index in [2.05, 4.69) is 64.7 Å². The van der Waals surface area contributed by atoms with Gasteiger partial charge in [0.2, 0.25) is 0 Å². The zero-order valence-electron chi connectivity index (χ0n) is 22.4. The molecule has 0 atom stereocenters.